The van der Waals surface area contributed by atoms with Crippen molar-refractivity contribution in [2.45, 2.75) is 25.9 Å². The molecule has 2 heterocycles. The summed E-state index contributed by atoms with van der Waals surface area (Å²) >= 11 is 6.17. The fourth-order valence-corrected chi connectivity index (χ4v) is 5.45. The van der Waals surface area contributed by atoms with E-state index in [9.17, 15) is 9.59 Å². The molecular weight excluding hydrogens is 510 g/mol. The van der Waals surface area contributed by atoms with Gasteiger partial charge in [0.1, 0.15) is 0 Å². The van der Waals surface area contributed by atoms with Gasteiger partial charge in [-0.2, -0.15) is 0 Å². The molecule has 3 aromatic rings. The lowest BCUT2D eigenvalue weighted by Crippen LogP contribution is -2.56. The average molecular weight is 544 g/mol. The fraction of sp³-hybridized carbons (Fsp3) is 0.290. The number of rotatable bonds is 6. The fourth-order valence-electron chi connectivity index (χ4n) is 5.27. The maximum Gasteiger partial charge on any atom is 0.258 e. The number of carbonyl (C=O) groups is 2. The van der Waals surface area contributed by atoms with Gasteiger partial charge >= 0.3 is 0 Å². The lowest BCUT2D eigenvalue weighted by atomic mass is 10.00. The number of carbonyl (C=O) groups excluding carboxylic acids is 2. The largest absolute Gasteiger partial charge is 0.354 e. The molecule has 0 radical (unpaired) electrons. The highest BCUT2D eigenvalue weighted by molar-refractivity contribution is 6.38. The lowest BCUT2D eigenvalue weighted by molar-refractivity contribution is -0.120. The predicted molar refractivity (Wildman–Crippen MR) is 160 cm³/mol. The zero-order valence-electron chi connectivity index (χ0n) is 22.7. The van der Waals surface area contributed by atoms with E-state index >= 15 is 0 Å². The molecule has 39 heavy (non-hydrogen) atoms. The van der Waals surface area contributed by atoms with Crippen LogP contribution in [0.4, 0.5) is 17.1 Å². The molecule has 8 heteroatoms. The summed E-state index contributed by atoms with van der Waals surface area (Å²) < 4.78 is 0. The first kappa shape index (κ1) is 26.9. The smallest absolute Gasteiger partial charge is 0.258 e. The van der Waals surface area contributed by atoms with E-state index in [0.717, 1.165) is 35.6 Å². The van der Waals surface area contributed by atoms with E-state index in [0.29, 0.717) is 40.6 Å². The van der Waals surface area contributed by atoms with Crippen molar-refractivity contribution in [2.75, 3.05) is 49.3 Å². The Kier molecular flexibility index (Phi) is 7.75. The molecule has 2 aliphatic heterocycles. The lowest BCUT2D eigenvalue weighted by Gasteiger charge is -2.42. The van der Waals surface area contributed by atoms with Gasteiger partial charge < -0.3 is 15.5 Å². The Hall–Kier alpha value is -3.65. The number of nitrogens with one attached hydrogen (secondary N) is 2. The third-order valence-corrected chi connectivity index (χ3v) is 7.97. The van der Waals surface area contributed by atoms with Crippen molar-refractivity contribution in [1.29, 1.82) is 0 Å². The normalized spacial score (nSPS) is 20.8. The van der Waals surface area contributed by atoms with E-state index in [1.165, 1.54) is 0 Å². The van der Waals surface area contributed by atoms with Crippen LogP contribution in [0, 0.1) is 0 Å². The molecule has 7 nitrogen and oxygen atoms in total. The van der Waals surface area contributed by atoms with Gasteiger partial charge in [0.15, 0.2) is 0 Å². The van der Waals surface area contributed by atoms with Crippen LogP contribution in [0.1, 0.15) is 25.0 Å². The van der Waals surface area contributed by atoms with Crippen molar-refractivity contribution in [3.63, 3.8) is 0 Å². The van der Waals surface area contributed by atoms with Gasteiger partial charge in [0, 0.05) is 54.2 Å². The first-order valence-corrected chi connectivity index (χ1v) is 13.6. The van der Waals surface area contributed by atoms with Crippen molar-refractivity contribution in [3.05, 3.63) is 88.9 Å². The van der Waals surface area contributed by atoms with Crippen molar-refractivity contribution < 1.29 is 9.59 Å². The standard InChI is InChI=1S/C31H34ClN5O2/c1-20-17-37(18-21(2)35(20)3)19-28(38)36(4)25-13-11-24(12-14-25)33-30(22-8-6-5-7-9-22)29-26-15-10-23(32)16-27(26)34-31(29)39/h5-16,20-21,33H,17-19H2,1-4H3,(H,34,39)/b30-29-. The van der Waals surface area contributed by atoms with Gasteiger partial charge in [0.25, 0.3) is 5.91 Å². The van der Waals surface area contributed by atoms with E-state index in [4.69, 9.17) is 11.6 Å². The molecule has 0 aliphatic carbocycles. The van der Waals surface area contributed by atoms with Crippen LogP contribution in [0.2, 0.25) is 5.02 Å². The molecule has 2 amide bonds. The SMILES string of the molecule is CC1CN(CC(=O)N(C)c2ccc(N/C(=C3\C(=O)Nc4cc(Cl)ccc43)c3ccccc3)cc2)CC(C)N1C. The molecule has 2 unspecified atom stereocenters. The van der Waals surface area contributed by atoms with Crippen molar-refractivity contribution in [3.8, 4) is 0 Å². The molecule has 0 aromatic heterocycles. The average Bonchev–Trinajstić information content (AvgIpc) is 3.25. The first-order valence-electron chi connectivity index (χ1n) is 13.2. The van der Waals surface area contributed by atoms with Crippen LogP contribution in [0.3, 0.4) is 0 Å². The molecular formula is C31H34ClN5O2. The number of anilines is 3. The first-order chi connectivity index (χ1) is 18.7. The van der Waals surface area contributed by atoms with Crippen molar-refractivity contribution in [2.24, 2.45) is 0 Å². The van der Waals surface area contributed by atoms with E-state index < -0.39 is 0 Å². The quantitative estimate of drug-likeness (QED) is 0.415. The summed E-state index contributed by atoms with van der Waals surface area (Å²) in [4.78, 5) is 32.5. The summed E-state index contributed by atoms with van der Waals surface area (Å²) in [7, 11) is 3.96. The van der Waals surface area contributed by atoms with Crippen LogP contribution in [0.25, 0.3) is 11.3 Å². The van der Waals surface area contributed by atoms with Gasteiger partial charge in [0.05, 0.1) is 23.5 Å². The Morgan fingerprint density at radius 2 is 1.69 bits per heavy atom. The Bertz CT molecular complexity index is 1390. The van der Waals surface area contributed by atoms with Crippen molar-refractivity contribution >= 4 is 51.7 Å². The maximum absolute atomic E-state index is 13.1. The number of nitrogens with zero attached hydrogens (tertiary/aromatic N) is 3. The van der Waals surface area contributed by atoms with E-state index in [-0.39, 0.29) is 11.8 Å². The highest BCUT2D eigenvalue weighted by atomic mass is 35.5. The Labute approximate surface area is 235 Å². The molecule has 2 N–H and O–H groups in total. The number of amides is 2. The third kappa shape index (κ3) is 5.71. The topological polar surface area (TPSA) is 67.9 Å². The van der Waals surface area contributed by atoms with Gasteiger partial charge in [-0.25, -0.2) is 0 Å². The molecule has 5 rings (SSSR count). The molecule has 0 bridgehead atoms. The van der Waals surface area contributed by atoms with Crippen LogP contribution in [0.15, 0.2) is 72.8 Å². The van der Waals surface area contributed by atoms with Crippen molar-refractivity contribution in [1.82, 2.24) is 9.80 Å². The molecule has 3 aromatic carbocycles. The summed E-state index contributed by atoms with van der Waals surface area (Å²) in [6.45, 7) is 6.54. The minimum atomic E-state index is -0.187. The van der Waals surface area contributed by atoms with Gasteiger partial charge in [-0.3, -0.25) is 19.4 Å². The zero-order chi connectivity index (χ0) is 27.7. The second-order valence-corrected chi connectivity index (χ2v) is 10.9. The molecule has 202 valence electrons. The maximum atomic E-state index is 13.1. The van der Waals surface area contributed by atoms with Gasteiger partial charge in [-0.15, -0.1) is 0 Å². The second-order valence-electron chi connectivity index (χ2n) is 10.4. The van der Waals surface area contributed by atoms with Gasteiger partial charge in [0.2, 0.25) is 5.91 Å². The monoisotopic (exact) mass is 543 g/mol. The molecule has 2 atom stereocenters. The molecule has 0 spiro atoms. The van der Waals surface area contributed by atoms with Crippen LogP contribution in [-0.4, -0.2) is 67.4 Å². The van der Waals surface area contributed by atoms with E-state index in [1.807, 2.05) is 67.7 Å². The summed E-state index contributed by atoms with van der Waals surface area (Å²) in [5.74, 6) is -0.127. The minimum absolute atomic E-state index is 0.0599. The molecule has 0 saturated carbocycles. The highest BCUT2D eigenvalue weighted by Crippen LogP contribution is 2.38. The summed E-state index contributed by atoms with van der Waals surface area (Å²) in [6, 6.07) is 23.7. The third-order valence-electron chi connectivity index (χ3n) is 7.73. The number of halogens is 1. The molecule has 1 fully saturated rings. The van der Waals surface area contributed by atoms with E-state index in [2.05, 4.69) is 41.3 Å². The molecule has 1 saturated heterocycles. The van der Waals surface area contributed by atoms with Gasteiger partial charge in [-0.1, -0.05) is 48.0 Å². The summed E-state index contributed by atoms with van der Waals surface area (Å²) in [5, 5.41) is 6.96. The number of fused-ring (bicyclic) bond motifs is 1. The number of benzene rings is 3. The van der Waals surface area contributed by atoms with Gasteiger partial charge in [-0.05, 0) is 62.9 Å². The van der Waals surface area contributed by atoms with Crippen LogP contribution < -0.4 is 15.5 Å². The van der Waals surface area contributed by atoms with Crippen LogP contribution in [-0.2, 0) is 9.59 Å². The highest BCUT2D eigenvalue weighted by Gasteiger charge is 2.30. The predicted octanol–water partition coefficient (Wildman–Crippen LogP) is 5.26. The Morgan fingerprint density at radius 3 is 2.36 bits per heavy atom. The van der Waals surface area contributed by atoms with E-state index in [1.54, 1.807) is 17.0 Å². The van der Waals surface area contributed by atoms with Crippen LogP contribution in [0.5, 0.6) is 0 Å². The number of hydrogen-bond donors (Lipinski definition) is 2. The number of piperazine rings is 1. The van der Waals surface area contributed by atoms with Crippen LogP contribution >= 0.6 is 11.6 Å². The summed E-state index contributed by atoms with van der Waals surface area (Å²) in [6.07, 6.45) is 0. The zero-order valence-corrected chi connectivity index (χ0v) is 23.5. The molecule has 2 aliphatic rings. The summed E-state index contributed by atoms with van der Waals surface area (Å²) in [5.41, 5.74) is 5.25. The Morgan fingerprint density at radius 1 is 1.03 bits per heavy atom. The second kappa shape index (κ2) is 11.2. The number of hydrogen-bond acceptors (Lipinski definition) is 5. The Balaban J connectivity index is 1.36. The number of likely N-dealkylation sites (N-methyl/N-ethyl adjacent to an activating group) is 2. The minimum Gasteiger partial charge on any atom is -0.354 e.